The minimum atomic E-state index is 0.436. The maximum absolute atomic E-state index is 5.44. The second-order valence-corrected chi connectivity index (χ2v) is 6.16. The maximum atomic E-state index is 5.44. The van der Waals surface area contributed by atoms with E-state index in [0.29, 0.717) is 5.95 Å². The van der Waals surface area contributed by atoms with E-state index in [-0.39, 0.29) is 0 Å². The Morgan fingerprint density at radius 1 is 1.19 bits per heavy atom. The monoisotopic (exact) mass is 304 g/mol. The van der Waals surface area contributed by atoms with Crippen LogP contribution in [0.5, 0.6) is 0 Å². The summed E-state index contributed by atoms with van der Waals surface area (Å²) in [7, 11) is 0. The van der Waals surface area contributed by atoms with Crippen LogP contribution in [0.25, 0.3) is 10.9 Å². The molecule has 1 aliphatic heterocycles. The van der Waals surface area contributed by atoms with Gasteiger partial charge in [-0.2, -0.15) is 16.7 Å². The largest absolute Gasteiger partial charge is 0.368 e. The van der Waals surface area contributed by atoms with Crippen LogP contribution in [0.4, 0.5) is 11.8 Å². The number of aromatic nitrogens is 2. The summed E-state index contributed by atoms with van der Waals surface area (Å²) < 4.78 is 0. The highest BCUT2D eigenvalue weighted by atomic mass is 32.2. The summed E-state index contributed by atoms with van der Waals surface area (Å²) in [5, 5.41) is 4.43. The molecular formula is C14H20N6S. The fourth-order valence-electron chi connectivity index (χ4n) is 2.43. The van der Waals surface area contributed by atoms with Crippen molar-refractivity contribution in [1.82, 2.24) is 14.9 Å². The van der Waals surface area contributed by atoms with Crippen molar-refractivity contribution in [2.24, 2.45) is 5.84 Å². The first-order valence-corrected chi connectivity index (χ1v) is 8.29. The van der Waals surface area contributed by atoms with Crippen LogP contribution < -0.4 is 16.6 Å². The van der Waals surface area contributed by atoms with E-state index in [0.717, 1.165) is 29.8 Å². The van der Waals surface area contributed by atoms with Crippen molar-refractivity contribution in [3.05, 3.63) is 24.3 Å². The van der Waals surface area contributed by atoms with E-state index in [1.165, 1.54) is 24.6 Å². The van der Waals surface area contributed by atoms with Gasteiger partial charge < -0.3 is 5.32 Å². The molecular weight excluding hydrogens is 284 g/mol. The molecule has 0 bridgehead atoms. The molecule has 0 atom stereocenters. The van der Waals surface area contributed by atoms with Crippen molar-refractivity contribution < 1.29 is 0 Å². The van der Waals surface area contributed by atoms with Gasteiger partial charge in [-0.05, 0) is 12.1 Å². The third-order valence-electron chi connectivity index (χ3n) is 3.56. The third kappa shape index (κ3) is 3.55. The van der Waals surface area contributed by atoms with Gasteiger partial charge in [0.15, 0.2) is 0 Å². The number of thioether (sulfide) groups is 1. The number of hydrogen-bond donors (Lipinski definition) is 3. The molecule has 6 nitrogen and oxygen atoms in total. The van der Waals surface area contributed by atoms with Gasteiger partial charge in [0, 0.05) is 43.1 Å². The molecule has 0 saturated carbocycles. The second-order valence-electron chi connectivity index (χ2n) is 4.94. The van der Waals surface area contributed by atoms with Gasteiger partial charge in [-0.15, -0.1) is 0 Å². The highest BCUT2D eigenvalue weighted by molar-refractivity contribution is 7.99. The summed E-state index contributed by atoms with van der Waals surface area (Å²) >= 11 is 2.03. The number of nitrogen functional groups attached to an aromatic ring is 1. The molecule has 1 fully saturated rings. The molecule has 0 aliphatic carbocycles. The average molecular weight is 304 g/mol. The van der Waals surface area contributed by atoms with Gasteiger partial charge in [-0.3, -0.25) is 10.3 Å². The van der Waals surface area contributed by atoms with Crippen LogP contribution in [0.1, 0.15) is 0 Å². The highest BCUT2D eigenvalue weighted by Gasteiger charge is 2.10. The lowest BCUT2D eigenvalue weighted by atomic mass is 10.2. The Morgan fingerprint density at radius 3 is 2.81 bits per heavy atom. The highest BCUT2D eigenvalue weighted by Crippen LogP contribution is 2.21. The lowest BCUT2D eigenvalue weighted by Gasteiger charge is -2.26. The van der Waals surface area contributed by atoms with E-state index in [1.54, 1.807) is 0 Å². The Balaban J connectivity index is 1.70. The molecule has 2 aromatic rings. The minimum Gasteiger partial charge on any atom is -0.368 e. The van der Waals surface area contributed by atoms with Crippen LogP contribution in [0.15, 0.2) is 24.3 Å². The zero-order chi connectivity index (χ0) is 14.5. The number of fused-ring (bicyclic) bond motifs is 1. The summed E-state index contributed by atoms with van der Waals surface area (Å²) in [5.74, 6) is 9.18. The number of benzene rings is 1. The predicted molar refractivity (Wildman–Crippen MR) is 89.6 cm³/mol. The van der Waals surface area contributed by atoms with E-state index >= 15 is 0 Å². The van der Waals surface area contributed by atoms with E-state index in [2.05, 4.69) is 25.6 Å². The van der Waals surface area contributed by atoms with E-state index in [9.17, 15) is 0 Å². The summed E-state index contributed by atoms with van der Waals surface area (Å²) in [6, 6.07) is 7.94. The number of rotatable bonds is 5. The fraction of sp³-hybridized carbons (Fsp3) is 0.429. The van der Waals surface area contributed by atoms with Gasteiger partial charge in [0.05, 0.1) is 5.52 Å². The molecule has 0 unspecified atom stereocenters. The van der Waals surface area contributed by atoms with Crippen molar-refractivity contribution in [3.8, 4) is 0 Å². The molecule has 4 N–H and O–H groups in total. The van der Waals surface area contributed by atoms with Gasteiger partial charge in [-0.25, -0.2) is 10.8 Å². The maximum Gasteiger partial charge on any atom is 0.239 e. The number of nitrogens with two attached hydrogens (primary N) is 1. The Kier molecular flexibility index (Phi) is 4.74. The van der Waals surface area contributed by atoms with Crippen molar-refractivity contribution >= 4 is 34.4 Å². The third-order valence-corrected chi connectivity index (χ3v) is 4.50. The Hall–Kier alpha value is -1.57. The van der Waals surface area contributed by atoms with E-state index in [4.69, 9.17) is 5.84 Å². The number of hydrogen-bond acceptors (Lipinski definition) is 7. The van der Waals surface area contributed by atoms with Crippen LogP contribution in [0.3, 0.4) is 0 Å². The first-order chi connectivity index (χ1) is 10.4. The van der Waals surface area contributed by atoms with Crippen LogP contribution >= 0.6 is 11.8 Å². The molecule has 0 spiro atoms. The summed E-state index contributed by atoms with van der Waals surface area (Å²) in [6.07, 6.45) is 0. The van der Waals surface area contributed by atoms with Gasteiger partial charge in [0.25, 0.3) is 0 Å². The van der Waals surface area contributed by atoms with Crippen LogP contribution in [-0.2, 0) is 0 Å². The number of nitrogens with zero attached hydrogens (tertiary/aromatic N) is 3. The quantitative estimate of drug-likeness (QED) is 0.569. The minimum absolute atomic E-state index is 0.436. The van der Waals surface area contributed by atoms with Crippen LogP contribution in [-0.4, -0.2) is 52.6 Å². The van der Waals surface area contributed by atoms with Crippen molar-refractivity contribution in [3.63, 3.8) is 0 Å². The zero-order valence-corrected chi connectivity index (χ0v) is 12.7. The summed E-state index contributed by atoms with van der Waals surface area (Å²) in [4.78, 5) is 11.3. The average Bonchev–Trinajstić information content (AvgIpc) is 2.55. The molecule has 1 aromatic heterocycles. The normalized spacial score (nSPS) is 16.0. The van der Waals surface area contributed by atoms with Gasteiger partial charge in [0.1, 0.15) is 5.82 Å². The molecule has 2 heterocycles. The second kappa shape index (κ2) is 6.93. The fourth-order valence-corrected chi connectivity index (χ4v) is 3.41. The van der Waals surface area contributed by atoms with Gasteiger partial charge in [0.2, 0.25) is 5.95 Å². The molecule has 0 amide bonds. The number of para-hydroxylation sites is 1. The molecule has 112 valence electrons. The Morgan fingerprint density at radius 2 is 2.00 bits per heavy atom. The number of anilines is 2. The lowest BCUT2D eigenvalue weighted by Crippen LogP contribution is -2.36. The number of nitrogens with one attached hydrogen (secondary N) is 2. The molecule has 1 aromatic carbocycles. The zero-order valence-electron chi connectivity index (χ0n) is 11.9. The van der Waals surface area contributed by atoms with Crippen molar-refractivity contribution in [1.29, 1.82) is 0 Å². The molecule has 0 radical (unpaired) electrons. The molecule has 3 rings (SSSR count). The smallest absolute Gasteiger partial charge is 0.239 e. The summed E-state index contributed by atoms with van der Waals surface area (Å²) in [5.41, 5.74) is 3.41. The van der Waals surface area contributed by atoms with Crippen molar-refractivity contribution in [2.45, 2.75) is 0 Å². The summed E-state index contributed by atoms with van der Waals surface area (Å²) in [6.45, 7) is 4.25. The molecule has 1 aliphatic rings. The Bertz CT molecular complexity index is 599. The lowest BCUT2D eigenvalue weighted by molar-refractivity contribution is 0.314. The molecule has 7 heteroatoms. The molecule has 1 saturated heterocycles. The van der Waals surface area contributed by atoms with Crippen LogP contribution in [0, 0.1) is 0 Å². The van der Waals surface area contributed by atoms with E-state index in [1.807, 2.05) is 36.0 Å². The first kappa shape index (κ1) is 14.4. The predicted octanol–water partition coefficient (Wildman–Crippen LogP) is 1.38. The van der Waals surface area contributed by atoms with Gasteiger partial charge >= 0.3 is 0 Å². The molecule has 21 heavy (non-hydrogen) atoms. The van der Waals surface area contributed by atoms with Gasteiger partial charge in [-0.1, -0.05) is 12.1 Å². The SMILES string of the molecule is NNc1nc(NCCN2CCSCC2)c2ccccc2n1. The van der Waals surface area contributed by atoms with Crippen molar-refractivity contribution in [2.75, 3.05) is 48.4 Å². The number of hydrazine groups is 1. The first-order valence-electron chi connectivity index (χ1n) is 7.14. The van der Waals surface area contributed by atoms with Crippen LogP contribution in [0.2, 0.25) is 0 Å². The standard InChI is InChI=1S/C14H20N6S/c15-19-14-17-12-4-2-1-3-11(12)13(18-14)16-5-6-20-7-9-21-10-8-20/h1-4H,5-10,15H2,(H2,16,17,18,19). The van der Waals surface area contributed by atoms with E-state index < -0.39 is 0 Å². The Labute approximate surface area is 128 Å². The topological polar surface area (TPSA) is 79.1 Å².